The molecule has 0 aliphatic heterocycles. The maximum Gasteiger partial charge on any atom is 0.241 e. The number of nitrogens with zero attached hydrogens (tertiary/aromatic N) is 4. The van der Waals surface area contributed by atoms with Crippen LogP contribution in [0.25, 0.3) is 11.2 Å². The van der Waals surface area contributed by atoms with Crippen molar-refractivity contribution in [2.24, 2.45) is 5.92 Å². The molecule has 0 saturated heterocycles. The van der Waals surface area contributed by atoms with Crippen molar-refractivity contribution < 1.29 is 14.3 Å². The van der Waals surface area contributed by atoms with E-state index in [-0.39, 0.29) is 18.4 Å². The number of imidazole rings is 1. The quantitative estimate of drug-likeness (QED) is 0.198. The van der Waals surface area contributed by atoms with Crippen molar-refractivity contribution in [3.63, 3.8) is 0 Å². The number of benzene rings is 2. The van der Waals surface area contributed by atoms with E-state index in [2.05, 4.69) is 22.2 Å². The van der Waals surface area contributed by atoms with Crippen molar-refractivity contribution >= 4 is 51.9 Å². The van der Waals surface area contributed by atoms with Gasteiger partial charge < -0.3 is 14.0 Å². The summed E-state index contributed by atoms with van der Waals surface area (Å²) in [6, 6.07) is 12.9. The monoisotopic (exact) mass is 573 g/mol. The van der Waals surface area contributed by atoms with Crippen molar-refractivity contribution in [2.75, 3.05) is 14.2 Å². The Hall–Kier alpha value is -3.00. The van der Waals surface area contributed by atoms with Gasteiger partial charge in [0.15, 0.2) is 17.1 Å². The van der Waals surface area contributed by atoms with Crippen LogP contribution in [0.2, 0.25) is 15.1 Å². The van der Waals surface area contributed by atoms with Crippen molar-refractivity contribution in [2.45, 2.75) is 39.3 Å². The number of rotatable bonds is 11. The molecule has 0 N–H and O–H groups in total. The summed E-state index contributed by atoms with van der Waals surface area (Å²) in [4.78, 5) is 21.8. The maximum atomic E-state index is 12.7. The number of carbonyl (C=O) groups excluding carboxylic acids is 1. The second-order valence-electron chi connectivity index (χ2n) is 9.07. The molecule has 199 valence electrons. The van der Waals surface area contributed by atoms with Gasteiger partial charge in [0.1, 0.15) is 17.9 Å². The lowest BCUT2D eigenvalue weighted by atomic mass is 9.96. The summed E-state index contributed by atoms with van der Waals surface area (Å²) >= 11 is 18.9. The lowest BCUT2D eigenvalue weighted by Gasteiger charge is -2.16. The lowest BCUT2D eigenvalue weighted by molar-refractivity contribution is -0.121. The zero-order valence-corrected chi connectivity index (χ0v) is 23.6. The van der Waals surface area contributed by atoms with Crippen molar-refractivity contribution in [3.05, 3.63) is 80.7 Å². The summed E-state index contributed by atoms with van der Waals surface area (Å²) in [5, 5.41) is 5.94. The van der Waals surface area contributed by atoms with Crippen molar-refractivity contribution in [1.82, 2.24) is 19.9 Å². The fourth-order valence-electron chi connectivity index (χ4n) is 4.35. The van der Waals surface area contributed by atoms with Gasteiger partial charge in [-0.1, -0.05) is 47.8 Å². The Balaban J connectivity index is 1.38. The maximum absolute atomic E-state index is 12.7. The average molecular weight is 575 g/mol. The molecule has 0 bridgehead atoms. The third-order valence-electron chi connectivity index (χ3n) is 6.23. The Bertz CT molecular complexity index is 1420. The Morgan fingerprint density at radius 3 is 2.55 bits per heavy atom. The van der Waals surface area contributed by atoms with Crippen molar-refractivity contribution in [1.29, 1.82) is 0 Å². The summed E-state index contributed by atoms with van der Waals surface area (Å²) in [7, 11) is 3.13. The molecule has 0 saturated carbocycles. The van der Waals surface area contributed by atoms with Gasteiger partial charge in [0.2, 0.25) is 5.91 Å². The molecule has 4 rings (SSSR count). The smallest absolute Gasteiger partial charge is 0.241 e. The Kier molecular flexibility index (Phi) is 9.36. The van der Waals surface area contributed by atoms with Crippen LogP contribution in [-0.4, -0.2) is 34.7 Å². The van der Waals surface area contributed by atoms with Crippen LogP contribution in [-0.2, 0) is 24.3 Å². The third kappa shape index (κ3) is 6.70. The summed E-state index contributed by atoms with van der Waals surface area (Å²) in [5.41, 5.74) is 3.30. The van der Waals surface area contributed by atoms with Crippen LogP contribution in [0.4, 0.5) is 0 Å². The molecule has 38 heavy (non-hydrogen) atoms. The average Bonchev–Trinajstić information content (AvgIpc) is 3.23. The number of aromatic nitrogens is 3. The van der Waals surface area contributed by atoms with E-state index in [1.54, 1.807) is 26.5 Å². The second kappa shape index (κ2) is 12.7. The van der Waals surface area contributed by atoms with E-state index in [0.717, 1.165) is 16.6 Å². The van der Waals surface area contributed by atoms with Crippen LogP contribution in [0.15, 0.2) is 48.7 Å². The van der Waals surface area contributed by atoms with E-state index >= 15 is 0 Å². The highest BCUT2D eigenvalue weighted by Crippen LogP contribution is 2.38. The molecular weight excluding hydrogens is 547 g/mol. The molecular formula is C28H28Cl3N4O3. The molecule has 1 amide bonds. The molecule has 10 heteroatoms. The Morgan fingerprint density at radius 1 is 1.08 bits per heavy atom. The zero-order valence-electron chi connectivity index (χ0n) is 21.4. The molecule has 1 radical (unpaired) electrons. The fraction of sp³-hybridized carbons (Fsp3) is 0.321. The Morgan fingerprint density at radius 2 is 1.84 bits per heavy atom. The van der Waals surface area contributed by atoms with Gasteiger partial charge in [0.25, 0.3) is 0 Å². The van der Waals surface area contributed by atoms with Crippen LogP contribution in [0, 0.1) is 5.92 Å². The number of carbonyl (C=O) groups is 1. The van der Waals surface area contributed by atoms with Gasteiger partial charge >= 0.3 is 0 Å². The molecule has 0 aliphatic rings. The highest BCUT2D eigenvalue weighted by atomic mass is 35.5. The van der Waals surface area contributed by atoms with Crippen LogP contribution >= 0.6 is 34.8 Å². The van der Waals surface area contributed by atoms with Crippen molar-refractivity contribution in [3.8, 4) is 11.5 Å². The largest absolute Gasteiger partial charge is 0.493 e. The molecule has 0 aliphatic carbocycles. The molecule has 4 aromatic rings. The van der Waals surface area contributed by atoms with E-state index in [0.29, 0.717) is 63.8 Å². The number of methoxy groups -OCH3 is 2. The van der Waals surface area contributed by atoms with Crippen LogP contribution in [0.3, 0.4) is 0 Å². The molecule has 1 atom stereocenters. The van der Waals surface area contributed by atoms with E-state index in [9.17, 15) is 4.79 Å². The summed E-state index contributed by atoms with van der Waals surface area (Å²) in [6.45, 7) is 2.69. The van der Waals surface area contributed by atoms with Crippen LogP contribution < -0.4 is 14.8 Å². The SMILES string of the molecule is COc1ccc(CC(C)CCC(=O)[N]Cc2nc3cccnc3n2Cc2cc(Cl)cc(Cl)c2)c(Cl)c1OC. The first-order valence-electron chi connectivity index (χ1n) is 12.1. The predicted octanol–water partition coefficient (Wildman–Crippen LogP) is 6.75. The number of ether oxygens (including phenoxy) is 2. The molecule has 2 aromatic heterocycles. The van der Waals surface area contributed by atoms with Gasteiger partial charge in [-0.2, -0.15) is 0 Å². The third-order valence-corrected chi connectivity index (χ3v) is 7.08. The standard InChI is InChI=1S/C28H28Cl3N4O3/c1-17(11-19-7-8-23(37-2)27(38-3)26(19)31)6-9-25(36)33-15-24-34-22-5-4-10-32-28(22)35(24)16-18-12-20(29)14-21(30)13-18/h4-5,7-8,10,12-14,17H,6,9,11,15-16H2,1-3H3. The fourth-order valence-corrected chi connectivity index (χ4v) is 5.23. The minimum Gasteiger partial charge on any atom is -0.493 e. The van der Waals surface area contributed by atoms with Crippen LogP contribution in [0.5, 0.6) is 11.5 Å². The summed E-state index contributed by atoms with van der Waals surface area (Å²) in [5.74, 6) is 1.79. The number of fused-ring (bicyclic) bond motifs is 1. The van der Waals surface area contributed by atoms with E-state index in [1.165, 1.54) is 0 Å². The minimum atomic E-state index is -0.173. The summed E-state index contributed by atoms with van der Waals surface area (Å²) < 4.78 is 12.6. The molecule has 2 heterocycles. The highest BCUT2D eigenvalue weighted by molar-refractivity contribution is 6.34. The molecule has 2 aromatic carbocycles. The normalized spacial score (nSPS) is 11.9. The van der Waals surface area contributed by atoms with E-state index in [1.807, 2.05) is 41.0 Å². The Labute approximate surface area is 237 Å². The number of pyridine rings is 1. The summed E-state index contributed by atoms with van der Waals surface area (Å²) in [6.07, 6.45) is 3.42. The van der Waals surface area contributed by atoms with Gasteiger partial charge in [0.05, 0.1) is 25.8 Å². The van der Waals surface area contributed by atoms with E-state index in [4.69, 9.17) is 44.3 Å². The molecule has 7 nitrogen and oxygen atoms in total. The van der Waals surface area contributed by atoms with Gasteiger partial charge in [-0.25, -0.2) is 15.3 Å². The zero-order chi connectivity index (χ0) is 27.2. The first-order valence-corrected chi connectivity index (χ1v) is 13.3. The van der Waals surface area contributed by atoms with Gasteiger partial charge in [-0.3, -0.25) is 4.79 Å². The molecule has 1 unspecified atom stereocenters. The number of halogens is 3. The topological polar surface area (TPSA) is 80.3 Å². The number of amides is 1. The predicted molar refractivity (Wildman–Crippen MR) is 151 cm³/mol. The minimum absolute atomic E-state index is 0.152. The van der Waals surface area contributed by atoms with Crippen LogP contribution in [0.1, 0.15) is 36.7 Å². The molecule has 0 spiro atoms. The first kappa shape index (κ1) is 28.0. The first-order chi connectivity index (χ1) is 18.3. The second-order valence-corrected chi connectivity index (χ2v) is 10.3. The lowest BCUT2D eigenvalue weighted by Crippen LogP contribution is -2.19. The number of hydrogen-bond donors (Lipinski definition) is 0. The van der Waals surface area contributed by atoms with Gasteiger partial charge in [-0.05, 0) is 66.3 Å². The highest BCUT2D eigenvalue weighted by Gasteiger charge is 2.18. The van der Waals surface area contributed by atoms with Gasteiger partial charge in [-0.15, -0.1) is 0 Å². The molecule has 0 fully saturated rings. The van der Waals surface area contributed by atoms with E-state index < -0.39 is 0 Å². The van der Waals surface area contributed by atoms with Gasteiger partial charge in [0, 0.05) is 22.7 Å². The number of hydrogen-bond acceptors (Lipinski definition) is 5.